The Balaban J connectivity index is 2.20. The first kappa shape index (κ1) is 16.0. The molecule has 1 aromatic heterocycles. The van der Waals surface area contributed by atoms with Gasteiger partial charge >= 0.3 is 0 Å². The summed E-state index contributed by atoms with van der Waals surface area (Å²) in [4.78, 5) is 4.29. The fourth-order valence-electron chi connectivity index (χ4n) is 2.21. The number of hydrogen-bond acceptors (Lipinski definition) is 3. The number of nitrogens with two attached hydrogens (primary N) is 1. The molecule has 4 heteroatoms. The zero-order valence-corrected chi connectivity index (χ0v) is 14.1. The van der Waals surface area contributed by atoms with E-state index in [4.69, 9.17) is 10.5 Å². The third-order valence-corrected chi connectivity index (χ3v) is 3.87. The summed E-state index contributed by atoms with van der Waals surface area (Å²) in [6.45, 7) is 4.63. The highest BCUT2D eigenvalue weighted by Gasteiger charge is 2.12. The van der Waals surface area contributed by atoms with Crippen molar-refractivity contribution in [1.29, 1.82) is 0 Å². The first-order chi connectivity index (χ1) is 10.1. The normalized spacial score (nSPS) is 12.2. The summed E-state index contributed by atoms with van der Waals surface area (Å²) in [5.74, 6) is 0.924. The van der Waals surface area contributed by atoms with Crippen molar-refractivity contribution in [3.63, 3.8) is 0 Å². The zero-order chi connectivity index (χ0) is 15.2. The number of hydrogen-bond donors (Lipinski definition) is 1. The van der Waals surface area contributed by atoms with Crippen LogP contribution in [0.2, 0.25) is 0 Å². The summed E-state index contributed by atoms with van der Waals surface area (Å²) < 4.78 is 7.07. The highest BCUT2D eigenvalue weighted by Crippen LogP contribution is 2.29. The predicted molar refractivity (Wildman–Crippen MR) is 89.4 cm³/mol. The van der Waals surface area contributed by atoms with Crippen LogP contribution >= 0.6 is 15.9 Å². The van der Waals surface area contributed by atoms with Crippen molar-refractivity contribution in [3.8, 4) is 5.75 Å². The number of benzene rings is 1. The third-order valence-electron chi connectivity index (χ3n) is 3.41. The van der Waals surface area contributed by atoms with Crippen molar-refractivity contribution in [1.82, 2.24) is 4.98 Å². The molecule has 2 aromatic rings. The van der Waals surface area contributed by atoms with Crippen LogP contribution in [0.1, 0.15) is 30.2 Å². The van der Waals surface area contributed by atoms with Gasteiger partial charge in [-0.1, -0.05) is 28.9 Å². The average Bonchev–Trinajstić information content (AvgIpc) is 2.47. The molecule has 21 heavy (non-hydrogen) atoms. The molecule has 3 nitrogen and oxygen atoms in total. The summed E-state index contributed by atoms with van der Waals surface area (Å²) >= 11 is 3.55. The summed E-state index contributed by atoms with van der Waals surface area (Å²) in [6.07, 6.45) is 3.54. The van der Waals surface area contributed by atoms with Gasteiger partial charge in [-0.2, -0.15) is 0 Å². The first-order valence-corrected chi connectivity index (χ1v) is 7.96. The molecule has 1 unspecified atom stereocenters. The molecule has 0 aliphatic rings. The second-order valence-electron chi connectivity index (χ2n) is 5.19. The molecule has 0 spiro atoms. The van der Waals surface area contributed by atoms with Gasteiger partial charge < -0.3 is 10.5 Å². The van der Waals surface area contributed by atoms with Gasteiger partial charge in [0.15, 0.2) is 0 Å². The van der Waals surface area contributed by atoms with Crippen LogP contribution in [-0.4, -0.2) is 11.0 Å². The quantitative estimate of drug-likeness (QED) is 0.857. The molecule has 0 radical (unpaired) electrons. The van der Waals surface area contributed by atoms with Crippen molar-refractivity contribution < 1.29 is 4.74 Å². The molecule has 1 aromatic carbocycles. The first-order valence-electron chi connectivity index (χ1n) is 7.17. The molecule has 112 valence electrons. The van der Waals surface area contributed by atoms with Crippen LogP contribution < -0.4 is 10.5 Å². The molecule has 0 saturated carbocycles. The van der Waals surface area contributed by atoms with Gasteiger partial charge in [-0.15, -0.1) is 0 Å². The maximum Gasteiger partial charge on any atom is 0.130 e. The van der Waals surface area contributed by atoms with E-state index in [2.05, 4.69) is 46.9 Å². The van der Waals surface area contributed by atoms with E-state index in [1.165, 1.54) is 0 Å². The van der Waals surface area contributed by atoms with Gasteiger partial charge in [-0.05, 0) is 55.2 Å². The fourth-order valence-corrected chi connectivity index (χ4v) is 2.83. The van der Waals surface area contributed by atoms with Crippen LogP contribution in [0, 0.1) is 6.92 Å². The van der Waals surface area contributed by atoms with Gasteiger partial charge in [0, 0.05) is 16.7 Å². The van der Waals surface area contributed by atoms with Crippen LogP contribution in [0.4, 0.5) is 0 Å². The monoisotopic (exact) mass is 348 g/mol. The van der Waals surface area contributed by atoms with Gasteiger partial charge in [-0.25, -0.2) is 0 Å². The van der Waals surface area contributed by atoms with E-state index < -0.39 is 0 Å². The minimum atomic E-state index is 0.149. The Morgan fingerprint density at radius 2 is 2.14 bits per heavy atom. The molecule has 0 aliphatic heterocycles. The summed E-state index contributed by atoms with van der Waals surface area (Å²) in [5.41, 5.74) is 9.28. The topological polar surface area (TPSA) is 48.1 Å². The van der Waals surface area contributed by atoms with E-state index in [1.54, 1.807) is 6.20 Å². The number of pyridine rings is 1. The number of nitrogens with zero attached hydrogens (tertiary/aromatic N) is 1. The molecule has 0 amide bonds. The Morgan fingerprint density at radius 3 is 2.81 bits per heavy atom. The van der Waals surface area contributed by atoms with Gasteiger partial charge in [0.25, 0.3) is 0 Å². The highest BCUT2D eigenvalue weighted by molar-refractivity contribution is 9.10. The van der Waals surface area contributed by atoms with Gasteiger partial charge in [0.2, 0.25) is 0 Å². The van der Waals surface area contributed by atoms with Gasteiger partial charge in [0.05, 0.1) is 5.69 Å². The second-order valence-corrected chi connectivity index (χ2v) is 6.11. The predicted octanol–water partition coefficient (Wildman–Crippen LogP) is 4.01. The number of ether oxygens (including phenoxy) is 1. The van der Waals surface area contributed by atoms with Gasteiger partial charge in [-0.3, -0.25) is 4.98 Å². The average molecular weight is 349 g/mol. The third kappa shape index (κ3) is 4.55. The van der Waals surface area contributed by atoms with E-state index in [0.717, 1.165) is 39.9 Å². The van der Waals surface area contributed by atoms with Crippen molar-refractivity contribution >= 4 is 15.9 Å². The Labute approximate surface area is 134 Å². The molecule has 2 N–H and O–H groups in total. The molecule has 0 bridgehead atoms. The minimum absolute atomic E-state index is 0.149. The largest absolute Gasteiger partial charge is 0.487 e. The summed E-state index contributed by atoms with van der Waals surface area (Å²) in [7, 11) is 0. The number of rotatable bonds is 6. The summed E-state index contributed by atoms with van der Waals surface area (Å²) in [6, 6.07) is 10.1. The Kier molecular flexibility index (Phi) is 5.76. The van der Waals surface area contributed by atoms with Crippen LogP contribution in [0.5, 0.6) is 5.75 Å². The zero-order valence-electron chi connectivity index (χ0n) is 12.5. The Morgan fingerprint density at radius 1 is 1.33 bits per heavy atom. The van der Waals surface area contributed by atoms with E-state index in [1.807, 2.05) is 18.2 Å². The number of halogens is 1. The highest BCUT2D eigenvalue weighted by atomic mass is 79.9. The number of aromatic nitrogens is 1. The molecular formula is C17H21BrN2O. The fraction of sp³-hybridized carbons (Fsp3) is 0.353. The number of aryl methyl sites for hydroxylation is 1. The maximum atomic E-state index is 6.10. The van der Waals surface area contributed by atoms with Crippen molar-refractivity contribution in [2.75, 3.05) is 0 Å². The van der Waals surface area contributed by atoms with Crippen molar-refractivity contribution in [2.24, 2.45) is 5.73 Å². The van der Waals surface area contributed by atoms with E-state index >= 15 is 0 Å². The van der Waals surface area contributed by atoms with Gasteiger partial charge in [0.1, 0.15) is 12.4 Å². The molecular weight excluding hydrogens is 328 g/mol. The lowest BCUT2D eigenvalue weighted by Crippen LogP contribution is -2.22. The van der Waals surface area contributed by atoms with Crippen molar-refractivity contribution in [2.45, 2.75) is 39.3 Å². The maximum absolute atomic E-state index is 6.10. The Bertz CT molecular complexity index is 587. The van der Waals surface area contributed by atoms with Crippen LogP contribution in [0.25, 0.3) is 0 Å². The smallest absolute Gasteiger partial charge is 0.130 e. The molecule has 0 aliphatic carbocycles. The SMILES string of the molecule is CCC(N)Cc1cc(Br)cc(C)c1OCc1ccccn1. The molecule has 0 saturated heterocycles. The van der Waals surface area contributed by atoms with Crippen LogP contribution in [0.3, 0.4) is 0 Å². The van der Waals surface area contributed by atoms with E-state index in [9.17, 15) is 0 Å². The summed E-state index contributed by atoms with van der Waals surface area (Å²) in [5, 5.41) is 0. The lowest BCUT2D eigenvalue weighted by atomic mass is 10.0. The molecule has 0 fully saturated rings. The minimum Gasteiger partial charge on any atom is -0.487 e. The lowest BCUT2D eigenvalue weighted by Gasteiger charge is -2.17. The van der Waals surface area contributed by atoms with Crippen LogP contribution in [0.15, 0.2) is 41.0 Å². The lowest BCUT2D eigenvalue weighted by molar-refractivity contribution is 0.295. The van der Waals surface area contributed by atoms with Crippen LogP contribution in [-0.2, 0) is 13.0 Å². The van der Waals surface area contributed by atoms with E-state index in [0.29, 0.717) is 6.61 Å². The molecule has 1 atom stereocenters. The molecule has 1 heterocycles. The van der Waals surface area contributed by atoms with Crippen molar-refractivity contribution in [3.05, 3.63) is 57.8 Å². The molecule has 2 rings (SSSR count). The Hall–Kier alpha value is -1.39. The second kappa shape index (κ2) is 7.57. The standard InChI is InChI=1S/C17H21BrN2O/c1-3-15(19)10-13-9-14(18)8-12(2)17(13)21-11-16-6-4-5-7-20-16/h4-9,15H,3,10-11,19H2,1-2H3. The van der Waals surface area contributed by atoms with E-state index in [-0.39, 0.29) is 6.04 Å².